The number of rotatable bonds is 9. The number of hydrazine groups is 1. The number of para-hydroxylation sites is 1. The molecule has 2 amide bonds. The highest BCUT2D eigenvalue weighted by molar-refractivity contribution is 5.92. The minimum atomic E-state index is -0.796. The summed E-state index contributed by atoms with van der Waals surface area (Å²) >= 11 is 0. The van der Waals surface area contributed by atoms with Gasteiger partial charge in [0.2, 0.25) is 11.8 Å². The van der Waals surface area contributed by atoms with Crippen molar-refractivity contribution in [2.24, 2.45) is 0 Å². The summed E-state index contributed by atoms with van der Waals surface area (Å²) in [6.07, 6.45) is -0.516. The zero-order valence-corrected chi connectivity index (χ0v) is 15.1. The summed E-state index contributed by atoms with van der Waals surface area (Å²) in [7, 11) is 0. The van der Waals surface area contributed by atoms with Gasteiger partial charge in [-0.25, -0.2) is 0 Å². The highest BCUT2D eigenvalue weighted by atomic mass is 16.6. The molecule has 3 N–H and O–H groups in total. The molecule has 0 aliphatic rings. The van der Waals surface area contributed by atoms with Gasteiger partial charge in [0.15, 0.2) is 0 Å². The molecule has 0 aliphatic carbocycles. The largest absolute Gasteiger partial charge is 0.326 e. The van der Waals surface area contributed by atoms with Crippen molar-refractivity contribution in [2.75, 3.05) is 5.32 Å². The quantitative estimate of drug-likeness (QED) is 0.431. The van der Waals surface area contributed by atoms with E-state index >= 15 is 0 Å². The third kappa shape index (κ3) is 6.43. The van der Waals surface area contributed by atoms with Crippen molar-refractivity contribution in [3.05, 3.63) is 86.6 Å². The molecule has 2 aromatic rings. The van der Waals surface area contributed by atoms with Gasteiger partial charge in [-0.1, -0.05) is 24.8 Å². The summed E-state index contributed by atoms with van der Waals surface area (Å²) in [6.45, 7) is 3.62. The van der Waals surface area contributed by atoms with Gasteiger partial charge < -0.3 is 10.7 Å². The Morgan fingerprint density at radius 3 is 2.24 bits per heavy atom. The molecule has 29 heavy (non-hydrogen) atoms. The molecule has 0 unspecified atom stereocenters. The smallest absolute Gasteiger partial charge is 0.279 e. The number of nitro groups is 2. The van der Waals surface area contributed by atoms with Gasteiger partial charge in [0.1, 0.15) is 0 Å². The summed E-state index contributed by atoms with van der Waals surface area (Å²) in [5, 5.41) is 24.5. The number of non-ortho nitro benzene ring substituents is 1. The van der Waals surface area contributed by atoms with Crippen LogP contribution < -0.4 is 16.2 Å². The van der Waals surface area contributed by atoms with Crippen LogP contribution in [0.2, 0.25) is 0 Å². The van der Waals surface area contributed by atoms with E-state index in [4.69, 9.17) is 0 Å². The van der Waals surface area contributed by atoms with Crippen molar-refractivity contribution in [2.45, 2.75) is 12.8 Å². The lowest BCUT2D eigenvalue weighted by molar-refractivity contribution is -0.394. The molecule has 0 aromatic heterocycles. The number of carbonyl (C=O) groups is 2. The van der Waals surface area contributed by atoms with E-state index < -0.39 is 33.5 Å². The predicted molar refractivity (Wildman–Crippen MR) is 104 cm³/mol. The normalized spacial score (nSPS) is 9.93. The number of anilines is 1. The second-order valence-corrected chi connectivity index (χ2v) is 5.87. The average Bonchev–Trinajstić information content (AvgIpc) is 2.67. The first-order chi connectivity index (χ1) is 13.8. The van der Waals surface area contributed by atoms with Crippen LogP contribution in [0.5, 0.6) is 0 Å². The fourth-order valence-electron chi connectivity index (χ4n) is 2.33. The van der Waals surface area contributed by atoms with Gasteiger partial charge in [0.25, 0.3) is 11.4 Å². The molecule has 11 heteroatoms. The van der Waals surface area contributed by atoms with Crippen molar-refractivity contribution in [1.29, 1.82) is 0 Å². The zero-order valence-electron chi connectivity index (χ0n) is 15.1. The fourth-order valence-corrected chi connectivity index (χ4v) is 2.33. The lowest BCUT2D eigenvalue weighted by atomic mass is 10.1. The summed E-state index contributed by atoms with van der Waals surface area (Å²) in [4.78, 5) is 44.2. The first-order valence-corrected chi connectivity index (χ1v) is 8.25. The average molecular weight is 399 g/mol. The van der Waals surface area contributed by atoms with Crippen molar-refractivity contribution in [1.82, 2.24) is 10.9 Å². The Labute approximate surface area is 164 Å². The van der Waals surface area contributed by atoms with Gasteiger partial charge in [-0.3, -0.25) is 35.2 Å². The van der Waals surface area contributed by atoms with Gasteiger partial charge in [-0.15, -0.1) is 0 Å². The Balaban J connectivity index is 1.88. The Hall–Kier alpha value is -4.28. The van der Waals surface area contributed by atoms with Crippen LogP contribution >= 0.6 is 0 Å². The van der Waals surface area contributed by atoms with Crippen molar-refractivity contribution < 1.29 is 19.4 Å². The third-order valence-corrected chi connectivity index (χ3v) is 3.64. The zero-order chi connectivity index (χ0) is 21.4. The standard InChI is InChI=1S/C18H17N5O6/c1-12(9-17(24)19-14-5-3-2-4-6-14)20-21-18(25)10-13-7-8-15(22(26)27)11-16(13)23(28)29/h2-8,11,20H,1,9-10H2,(H,19,24)(H,21,25). The van der Waals surface area contributed by atoms with Crippen LogP contribution in [0.4, 0.5) is 17.1 Å². The fraction of sp³-hybridized carbons (Fsp3) is 0.111. The Kier molecular flexibility index (Phi) is 6.96. The van der Waals surface area contributed by atoms with Crippen LogP contribution in [0.3, 0.4) is 0 Å². The molecule has 11 nitrogen and oxygen atoms in total. The van der Waals surface area contributed by atoms with Crippen LogP contribution in [0.1, 0.15) is 12.0 Å². The van der Waals surface area contributed by atoms with Gasteiger partial charge in [-0.05, 0) is 18.2 Å². The monoisotopic (exact) mass is 399 g/mol. The summed E-state index contributed by atoms with van der Waals surface area (Å²) in [5.41, 5.74) is 4.58. The molecule has 2 rings (SSSR count). The molecular formula is C18H17N5O6. The molecule has 0 atom stereocenters. The minimum Gasteiger partial charge on any atom is -0.326 e. The van der Waals surface area contributed by atoms with Crippen LogP contribution in [0, 0.1) is 20.2 Å². The van der Waals surface area contributed by atoms with E-state index in [-0.39, 0.29) is 23.6 Å². The van der Waals surface area contributed by atoms with E-state index in [0.717, 1.165) is 18.2 Å². The number of carbonyl (C=O) groups excluding carboxylic acids is 2. The summed E-state index contributed by atoms with van der Waals surface area (Å²) in [6, 6.07) is 11.8. The van der Waals surface area contributed by atoms with Crippen LogP contribution in [0.15, 0.2) is 60.8 Å². The molecule has 0 spiro atoms. The van der Waals surface area contributed by atoms with Crippen LogP contribution in [-0.4, -0.2) is 21.7 Å². The predicted octanol–water partition coefficient (Wildman–Crippen LogP) is 2.21. The van der Waals surface area contributed by atoms with Crippen LogP contribution in [0.25, 0.3) is 0 Å². The van der Waals surface area contributed by atoms with E-state index in [1.165, 1.54) is 0 Å². The first kappa shape index (κ1) is 21.0. The van der Waals surface area contributed by atoms with Gasteiger partial charge in [-0.2, -0.15) is 0 Å². The third-order valence-electron chi connectivity index (χ3n) is 3.64. The number of nitrogens with one attached hydrogen (secondary N) is 3. The van der Waals surface area contributed by atoms with Crippen molar-refractivity contribution >= 4 is 28.9 Å². The molecule has 0 aliphatic heterocycles. The summed E-state index contributed by atoms with van der Waals surface area (Å²) in [5.74, 6) is -1.000. The van der Waals surface area contributed by atoms with E-state index in [0.29, 0.717) is 5.69 Å². The van der Waals surface area contributed by atoms with Crippen molar-refractivity contribution in [3.8, 4) is 0 Å². The maximum absolute atomic E-state index is 12.0. The topological polar surface area (TPSA) is 157 Å². The highest BCUT2D eigenvalue weighted by Crippen LogP contribution is 2.24. The maximum atomic E-state index is 12.0. The molecule has 150 valence electrons. The number of benzene rings is 2. The van der Waals surface area contributed by atoms with Crippen LogP contribution in [-0.2, 0) is 16.0 Å². The molecule has 2 aromatic carbocycles. The Bertz CT molecular complexity index is 960. The molecule has 0 fully saturated rings. The Morgan fingerprint density at radius 1 is 0.931 bits per heavy atom. The molecule has 0 heterocycles. The highest BCUT2D eigenvalue weighted by Gasteiger charge is 2.21. The molecule has 0 saturated carbocycles. The van der Waals surface area contributed by atoms with E-state index in [1.807, 2.05) is 0 Å². The number of amides is 2. The minimum absolute atomic E-state index is 0.00679. The Morgan fingerprint density at radius 2 is 1.62 bits per heavy atom. The number of hydrogen-bond acceptors (Lipinski definition) is 7. The lowest BCUT2D eigenvalue weighted by Gasteiger charge is -2.11. The second kappa shape index (κ2) is 9.60. The maximum Gasteiger partial charge on any atom is 0.279 e. The summed E-state index contributed by atoms with van der Waals surface area (Å²) < 4.78 is 0. The van der Waals surface area contributed by atoms with Gasteiger partial charge in [0, 0.05) is 23.0 Å². The van der Waals surface area contributed by atoms with Gasteiger partial charge in [0.05, 0.1) is 28.8 Å². The number of hydrogen-bond donors (Lipinski definition) is 3. The molecule has 0 saturated heterocycles. The van der Waals surface area contributed by atoms with E-state index in [9.17, 15) is 29.8 Å². The first-order valence-electron chi connectivity index (χ1n) is 8.25. The number of nitrogens with zero attached hydrogens (tertiary/aromatic N) is 2. The van der Waals surface area contributed by atoms with E-state index in [1.54, 1.807) is 30.3 Å². The number of nitro benzene ring substituents is 2. The van der Waals surface area contributed by atoms with Gasteiger partial charge >= 0.3 is 0 Å². The van der Waals surface area contributed by atoms with Crippen molar-refractivity contribution in [3.63, 3.8) is 0 Å². The van der Waals surface area contributed by atoms with E-state index in [2.05, 4.69) is 22.7 Å². The molecular weight excluding hydrogens is 382 g/mol. The molecule has 0 radical (unpaired) electrons. The second-order valence-electron chi connectivity index (χ2n) is 5.87. The molecule has 0 bridgehead atoms. The lowest BCUT2D eigenvalue weighted by Crippen LogP contribution is -2.38. The SMILES string of the molecule is C=C(CC(=O)Nc1ccccc1)NNC(=O)Cc1ccc([N+](=O)[O-])cc1[N+](=O)[O-].